The van der Waals surface area contributed by atoms with Crippen LogP contribution in [0, 0.1) is 5.41 Å². The Hall–Kier alpha value is -1.70. The molecular formula is C19H23N3O2S2. The standard InChI is InChI=1S/C19H23N3O2S2/c23-17(11-21-18(24)15-2-1-8-26-15)22(12-14-3-9-25-13-14)16-10-19(16)4-6-20-7-5-19/h1-3,8-9,13,16,20H,4-7,10-12H2,(H,21,24). The van der Waals surface area contributed by atoms with Crippen molar-refractivity contribution in [1.29, 1.82) is 0 Å². The van der Waals surface area contributed by atoms with Crippen LogP contribution in [0.5, 0.6) is 0 Å². The molecule has 2 aromatic rings. The first-order valence-electron chi connectivity index (χ1n) is 9.01. The van der Waals surface area contributed by atoms with Gasteiger partial charge in [-0.05, 0) is 71.6 Å². The molecule has 1 spiro atoms. The van der Waals surface area contributed by atoms with E-state index in [-0.39, 0.29) is 23.8 Å². The lowest BCUT2D eigenvalue weighted by Crippen LogP contribution is -2.43. The van der Waals surface area contributed by atoms with Crippen LogP contribution in [0.2, 0.25) is 0 Å². The van der Waals surface area contributed by atoms with E-state index in [1.807, 2.05) is 21.7 Å². The van der Waals surface area contributed by atoms with Crippen LogP contribution in [0.3, 0.4) is 0 Å². The first-order valence-corrected chi connectivity index (χ1v) is 10.8. The molecule has 3 heterocycles. The highest BCUT2D eigenvalue weighted by molar-refractivity contribution is 7.12. The molecule has 1 unspecified atom stereocenters. The van der Waals surface area contributed by atoms with Crippen LogP contribution in [0.25, 0.3) is 0 Å². The molecule has 4 rings (SSSR count). The fourth-order valence-corrected chi connectivity index (χ4v) is 5.23. The van der Waals surface area contributed by atoms with Crippen LogP contribution in [-0.4, -0.2) is 42.4 Å². The van der Waals surface area contributed by atoms with E-state index in [0.717, 1.165) is 32.4 Å². The quantitative estimate of drug-likeness (QED) is 0.799. The smallest absolute Gasteiger partial charge is 0.261 e. The molecule has 1 saturated carbocycles. The highest BCUT2D eigenvalue weighted by Gasteiger charge is 2.57. The average Bonchev–Trinajstić information content (AvgIpc) is 3.12. The van der Waals surface area contributed by atoms with Crippen molar-refractivity contribution in [2.24, 2.45) is 5.41 Å². The van der Waals surface area contributed by atoms with Gasteiger partial charge >= 0.3 is 0 Å². The van der Waals surface area contributed by atoms with E-state index in [2.05, 4.69) is 22.1 Å². The number of nitrogens with zero attached hydrogens (tertiary/aromatic N) is 1. The summed E-state index contributed by atoms with van der Waals surface area (Å²) in [7, 11) is 0. The van der Waals surface area contributed by atoms with Crippen molar-refractivity contribution in [3.63, 3.8) is 0 Å². The zero-order valence-corrected chi connectivity index (χ0v) is 16.2. The Labute approximate surface area is 161 Å². The number of thiophene rings is 2. The fourth-order valence-electron chi connectivity index (χ4n) is 3.93. The predicted molar refractivity (Wildman–Crippen MR) is 104 cm³/mol. The molecule has 2 aromatic heterocycles. The van der Waals surface area contributed by atoms with Crippen LogP contribution in [0.1, 0.15) is 34.5 Å². The molecule has 1 saturated heterocycles. The van der Waals surface area contributed by atoms with E-state index in [4.69, 9.17) is 0 Å². The van der Waals surface area contributed by atoms with Crippen molar-refractivity contribution in [3.8, 4) is 0 Å². The minimum Gasteiger partial charge on any atom is -0.342 e. The van der Waals surface area contributed by atoms with Crippen molar-refractivity contribution in [3.05, 3.63) is 44.8 Å². The molecule has 2 amide bonds. The minimum atomic E-state index is -0.170. The normalized spacial score (nSPS) is 20.7. The van der Waals surface area contributed by atoms with E-state index in [9.17, 15) is 9.59 Å². The summed E-state index contributed by atoms with van der Waals surface area (Å²) in [6.07, 6.45) is 3.35. The lowest BCUT2D eigenvalue weighted by molar-refractivity contribution is -0.132. The summed E-state index contributed by atoms with van der Waals surface area (Å²) in [6.45, 7) is 2.76. The topological polar surface area (TPSA) is 61.4 Å². The summed E-state index contributed by atoms with van der Waals surface area (Å²) in [5.74, 6) is -0.155. The highest BCUT2D eigenvalue weighted by Crippen LogP contribution is 2.56. The molecular weight excluding hydrogens is 366 g/mol. The lowest BCUT2D eigenvalue weighted by Gasteiger charge is -2.29. The van der Waals surface area contributed by atoms with Gasteiger partial charge in [0.25, 0.3) is 5.91 Å². The van der Waals surface area contributed by atoms with Crippen LogP contribution in [0.4, 0.5) is 0 Å². The van der Waals surface area contributed by atoms with Crippen LogP contribution in [-0.2, 0) is 11.3 Å². The Morgan fingerprint density at radius 2 is 2.12 bits per heavy atom. The maximum atomic E-state index is 13.0. The van der Waals surface area contributed by atoms with Crippen LogP contribution < -0.4 is 10.6 Å². The predicted octanol–water partition coefficient (Wildman–Crippen LogP) is 2.71. The van der Waals surface area contributed by atoms with Gasteiger partial charge in [-0.25, -0.2) is 0 Å². The van der Waals surface area contributed by atoms with Crippen molar-refractivity contribution in [2.75, 3.05) is 19.6 Å². The van der Waals surface area contributed by atoms with Gasteiger partial charge in [-0.2, -0.15) is 11.3 Å². The molecule has 1 aliphatic heterocycles. The number of nitrogens with one attached hydrogen (secondary N) is 2. The summed E-state index contributed by atoms with van der Waals surface area (Å²) in [5.41, 5.74) is 1.46. The number of amides is 2. The number of piperidine rings is 1. The van der Waals surface area contributed by atoms with Gasteiger partial charge in [-0.15, -0.1) is 11.3 Å². The number of carbonyl (C=O) groups is 2. The summed E-state index contributed by atoms with van der Waals surface area (Å²) in [6, 6.07) is 6.00. The van der Waals surface area contributed by atoms with Gasteiger partial charge in [0.15, 0.2) is 0 Å². The minimum absolute atomic E-state index is 0.0153. The zero-order valence-electron chi connectivity index (χ0n) is 14.6. The summed E-state index contributed by atoms with van der Waals surface area (Å²) in [4.78, 5) is 27.7. The second-order valence-corrected chi connectivity index (χ2v) is 8.87. The van der Waals surface area contributed by atoms with Crippen molar-refractivity contribution >= 4 is 34.5 Å². The molecule has 138 valence electrons. The first kappa shape index (κ1) is 17.7. The van der Waals surface area contributed by atoms with Crippen LogP contribution in [0.15, 0.2) is 34.3 Å². The maximum Gasteiger partial charge on any atom is 0.261 e. The first-order chi connectivity index (χ1) is 12.7. The molecule has 0 radical (unpaired) electrons. The van der Waals surface area contributed by atoms with E-state index < -0.39 is 0 Å². The molecule has 0 aromatic carbocycles. The number of hydrogen-bond acceptors (Lipinski definition) is 5. The molecule has 26 heavy (non-hydrogen) atoms. The molecule has 1 aliphatic carbocycles. The van der Waals surface area contributed by atoms with E-state index >= 15 is 0 Å². The Balaban J connectivity index is 1.42. The van der Waals surface area contributed by atoms with Crippen LogP contribution >= 0.6 is 22.7 Å². The second kappa shape index (κ2) is 7.50. The van der Waals surface area contributed by atoms with E-state index in [1.165, 1.54) is 16.9 Å². The number of carbonyl (C=O) groups excluding carboxylic acids is 2. The highest BCUT2D eigenvalue weighted by atomic mass is 32.1. The van der Waals surface area contributed by atoms with Crippen molar-refractivity contribution in [1.82, 2.24) is 15.5 Å². The Kier molecular flexibility index (Phi) is 5.11. The molecule has 1 atom stereocenters. The summed E-state index contributed by atoms with van der Waals surface area (Å²) >= 11 is 3.04. The number of rotatable bonds is 6. The van der Waals surface area contributed by atoms with Gasteiger partial charge in [-0.3, -0.25) is 9.59 Å². The summed E-state index contributed by atoms with van der Waals surface area (Å²) in [5, 5.41) is 12.2. The molecule has 0 bridgehead atoms. The van der Waals surface area contributed by atoms with Crippen molar-refractivity contribution < 1.29 is 9.59 Å². The zero-order chi connectivity index (χ0) is 18.0. The largest absolute Gasteiger partial charge is 0.342 e. The third kappa shape index (κ3) is 3.70. The third-order valence-corrected chi connectivity index (χ3v) is 7.12. The van der Waals surface area contributed by atoms with Gasteiger partial charge in [0.05, 0.1) is 11.4 Å². The SMILES string of the molecule is O=C(NCC(=O)N(Cc1ccsc1)C1CC12CCNCC2)c1cccs1. The Bertz CT molecular complexity index is 752. The van der Waals surface area contributed by atoms with Gasteiger partial charge < -0.3 is 15.5 Å². The molecule has 5 nitrogen and oxygen atoms in total. The Morgan fingerprint density at radius 1 is 1.27 bits per heavy atom. The van der Waals surface area contributed by atoms with E-state index in [0.29, 0.717) is 17.5 Å². The van der Waals surface area contributed by atoms with Gasteiger partial charge in [0, 0.05) is 12.6 Å². The molecule has 7 heteroatoms. The van der Waals surface area contributed by atoms with Gasteiger partial charge in [0.2, 0.25) is 5.91 Å². The average molecular weight is 390 g/mol. The molecule has 2 aliphatic rings. The Morgan fingerprint density at radius 3 is 2.81 bits per heavy atom. The van der Waals surface area contributed by atoms with Crippen molar-refractivity contribution in [2.45, 2.75) is 31.8 Å². The second-order valence-electron chi connectivity index (χ2n) is 7.15. The lowest BCUT2D eigenvalue weighted by atomic mass is 9.93. The third-order valence-electron chi connectivity index (χ3n) is 5.52. The van der Waals surface area contributed by atoms with Gasteiger partial charge in [0.1, 0.15) is 0 Å². The van der Waals surface area contributed by atoms with Gasteiger partial charge in [-0.1, -0.05) is 6.07 Å². The monoisotopic (exact) mass is 389 g/mol. The molecule has 2 N–H and O–H groups in total. The molecule has 2 fully saturated rings. The number of hydrogen-bond donors (Lipinski definition) is 2. The fraction of sp³-hybridized carbons (Fsp3) is 0.474. The maximum absolute atomic E-state index is 13.0. The summed E-state index contributed by atoms with van der Waals surface area (Å²) < 4.78 is 0. The van der Waals surface area contributed by atoms with E-state index in [1.54, 1.807) is 17.4 Å².